The maximum absolute atomic E-state index is 12.2. The first-order valence-electron chi connectivity index (χ1n) is 7.84. The lowest BCUT2D eigenvalue weighted by Gasteiger charge is -2.20. The Hall–Kier alpha value is -1.78. The highest BCUT2D eigenvalue weighted by Crippen LogP contribution is 2.23. The van der Waals surface area contributed by atoms with E-state index in [0.29, 0.717) is 13.0 Å². The zero-order chi connectivity index (χ0) is 16.5. The van der Waals surface area contributed by atoms with E-state index in [-0.39, 0.29) is 11.8 Å². The van der Waals surface area contributed by atoms with E-state index in [1.54, 1.807) is 11.8 Å². The molecule has 3 N–H and O–H groups in total. The first kappa shape index (κ1) is 17.6. The highest BCUT2D eigenvalue weighted by molar-refractivity contribution is 7.98. The lowest BCUT2D eigenvalue weighted by atomic mass is 9.91. The monoisotopic (exact) mass is 328 g/mol. The molecule has 0 unspecified atom stereocenters. The van der Waals surface area contributed by atoms with Crippen LogP contribution in [0.5, 0.6) is 0 Å². The number of carbonyl (C=O) groups is 1. The summed E-state index contributed by atoms with van der Waals surface area (Å²) < 4.78 is 0. The van der Waals surface area contributed by atoms with E-state index in [0.717, 1.165) is 5.75 Å². The van der Waals surface area contributed by atoms with Gasteiger partial charge in [0.1, 0.15) is 0 Å². The largest absolute Gasteiger partial charge is 0.354 e. The molecule has 0 radical (unpaired) electrons. The molecule has 0 bridgehead atoms. The molecule has 2 aromatic carbocycles. The SMILES string of the molecule is CSCC[C@H](N)C(=O)NCC(c1ccccc1)c1ccccc1. The topological polar surface area (TPSA) is 55.1 Å². The smallest absolute Gasteiger partial charge is 0.236 e. The number of nitrogens with one attached hydrogen (secondary N) is 1. The molecule has 4 heteroatoms. The van der Waals surface area contributed by atoms with Crippen LogP contribution in [0.2, 0.25) is 0 Å². The molecule has 0 heterocycles. The normalized spacial score (nSPS) is 12.1. The summed E-state index contributed by atoms with van der Waals surface area (Å²) >= 11 is 1.71. The molecule has 0 aliphatic heterocycles. The summed E-state index contributed by atoms with van der Waals surface area (Å²) in [6.45, 7) is 0.555. The Balaban J connectivity index is 2.06. The fourth-order valence-corrected chi connectivity index (χ4v) is 3.00. The molecule has 0 fully saturated rings. The first-order chi connectivity index (χ1) is 11.2. The Morgan fingerprint density at radius 3 is 2.04 bits per heavy atom. The van der Waals surface area contributed by atoms with E-state index in [2.05, 4.69) is 29.6 Å². The summed E-state index contributed by atoms with van der Waals surface area (Å²) in [5.41, 5.74) is 8.32. The minimum atomic E-state index is -0.436. The molecule has 122 valence electrons. The van der Waals surface area contributed by atoms with Crippen LogP contribution in [0.4, 0.5) is 0 Å². The molecule has 0 spiro atoms. The average molecular weight is 328 g/mol. The Kier molecular flexibility index (Phi) is 7.17. The number of hydrogen-bond acceptors (Lipinski definition) is 3. The summed E-state index contributed by atoms with van der Waals surface area (Å²) in [4.78, 5) is 12.2. The molecular formula is C19H24N2OS. The van der Waals surface area contributed by atoms with E-state index in [9.17, 15) is 4.79 Å². The van der Waals surface area contributed by atoms with Gasteiger partial charge >= 0.3 is 0 Å². The van der Waals surface area contributed by atoms with Crippen molar-refractivity contribution < 1.29 is 4.79 Å². The van der Waals surface area contributed by atoms with E-state index in [4.69, 9.17) is 5.73 Å². The average Bonchev–Trinajstić information content (AvgIpc) is 2.61. The van der Waals surface area contributed by atoms with Gasteiger partial charge in [0.25, 0.3) is 0 Å². The van der Waals surface area contributed by atoms with Gasteiger partial charge in [0, 0.05) is 12.5 Å². The quantitative estimate of drug-likeness (QED) is 0.783. The molecule has 1 atom stereocenters. The summed E-state index contributed by atoms with van der Waals surface area (Å²) in [7, 11) is 0. The van der Waals surface area contributed by atoms with Gasteiger partial charge < -0.3 is 11.1 Å². The van der Waals surface area contributed by atoms with Crippen LogP contribution in [0.25, 0.3) is 0 Å². The first-order valence-corrected chi connectivity index (χ1v) is 9.24. The Labute approximate surface area is 142 Å². The zero-order valence-corrected chi connectivity index (χ0v) is 14.3. The minimum Gasteiger partial charge on any atom is -0.354 e. The van der Waals surface area contributed by atoms with Crippen LogP contribution in [-0.2, 0) is 4.79 Å². The highest BCUT2D eigenvalue weighted by atomic mass is 32.2. The number of hydrogen-bond donors (Lipinski definition) is 2. The van der Waals surface area contributed by atoms with Crippen LogP contribution >= 0.6 is 11.8 Å². The Bertz CT molecular complexity index is 549. The minimum absolute atomic E-state index is 0.0732. The standard InChI is InChI=1S/C19H24N2OS/c1-23-13-12-18(20)19(22)21-14-17(15-8-4-2-5-9-15)16-10-6-3-7-11-16/h2-11,17-18H,12-14,20H2,1H3,(H,21,22)/t18-/m0/s1. The summed E-state index contributed by atoms with van der Waals surface area (Å²) in [6, 6.07) is 20.0. The van der Waals surface area contributed by atoms with Crippen LogP contribution < -0.4 is 11.1 Å². The van der Waals surface area contributed by atoms with Crippen molar-refractivity contribution in [2.45, 2.75) is 18.4 Å². The van der Waals surface area contributed by atoms with Gasteiger partial charge in [-0.2, -0.15) is 11.8 Å². The lowest BCUT2D eigenvalue weighted by Crippen LogP contribution is -2.42. The van der Waals surface area contributed by atoms with Crippen molar-refractivity contribution in [1.82, 2.24) is 5.32 Å². The summed E-state index contributed by atoms with van der Waals surface area (Å²) in [5.74, 6) is 0.958. The highest BCUT2D eigenvalue weighted by Gasteiger charge is 2.17. The molecule has 23 heavy (non-hydrogen) atoms. The van der Waals surface area contributed by atoms with Crippen molar-refractivity contribution in [3.63, 3.8) is 0 Å². The predicted molar refractivity (Wildman–Crippen MR) is 98.7 cm³/mol. The van der Waals surface area contributed by atoms with Gasteiger partial charge in [0.05, 0.1) is 6.04 Å². The van der Waals surface area contributed by atoms with Crippen LogP contribution in [-0.4, -0.2) is 30.5 Å². The maximum Gasteiger partial charge on any atom is 0.236 e. The van der Waals surface area contributed by atoms with Crippen molar-refractivity contribution in [2.24, 2.45) is 5.73 Å². The molecule has 0 aliphatic rings. The molecule has 3 nitrogen and oxygen atoms in total. The molecular weight excluding hydrogens is 304 g/mol. The molecule has 0 aromatic heterocycles. The number of benzene rings is 2. The second-order valence-electron chi connectivity index (χ2n) is 5.51. The van der Waals surface area contributed by atoms with Crippen molar-refractivity contribution in [1.29, 1.82) is 0 Å². The van der Waals surface area contributed by atoms with Crippen molar-refractivity contribution >= 4 is 17.7 Å². The van der Waals surface area contributed by atoms with E-state index < -0.39 is 6.04 Å². The van der Waals surface area contributed by atoms with Crippen LogP contribution in [0.15, 0.2) is 60.7 Å². The number of nitrogens with two attached hydrogens (primary N) is 1. The molecule has 2 aromatic rings. The van der Waals surface area contributed by atoms with Crippen LogP contribution in [0.3, 0.4) is 0 Å². The van der Waals surface area contributed by atoms with Crippen molar-refractivity contribution in [2.75, 3.05) is 18.6 Å². The van der Waals surface area contributed by atoms with Gasteiger partial charge in [-0.25, -0.2) is 0 Å². The molecule has 0 saturated heterocycles. The van der Waals surface area contributed by atoms with E-state index in [1.165, 1.54) is 11.1 Å². The molecule has 2 rings (SSSR count). The van der Waals surface area contributed by atoms with Gasteiger partial charge in [-0.1, -0.05) is 60.7 Å². The van der Waals surface area contributed by atoms with Gasteiger partial charge in [0.15, 0.2) is 0 Å². The Morgan fingerprint density at radius 1 is 1.04 bits per heavy atom. The van der Waals surface area contributed by atoms with Gasteiger partial charge in [-0.05, 0) is 29.6 Å². The fourth-order valence-electron chi connectivity index (χ4n) is 2.51. The molecule has 0 saturated carbocycles. The lowest BCUT2D eigenvalue weighted by molar-refractivity contribution is -0.122. The van der Waals surface area contributed by atoms with E-state index >= 15 is 0 Å². The maximum atomic E-state index is 12.2. The van der Waals surface area contributed by atoms with Gasteiger partial charge in [0.2, 0.25) is 5.91 Å². The second-order valence-corrected chi connectivity index (χ2v) is 6.49. The zero-order valence-electron chi connectivity index (χ0n) is 13.4. The second kappa shape index (κ2) is 9.38. The summed E-state index contributed by atoms with van der Waals surface area (Å²) in [5, 5.41) is 3.02. The number of amides is 1. The van der Waals surface area contributed by atoms with Crippen molar-refractivity contribution in [3.8, 4) is 0 Å². The number of carbonyl (C=O) groups excluding carboxylic acids is 1. The van der Waals surface area contributed by atoms with Gasteiger partial charge in [-0.3, -0.25) is 4.79 Å². The van der Waals surface area contributed by atoms with Crippen molar-refractivity contribution in [3.05, 3.63) is 71.8 Å². The summed E-state index contributed by atoms with van der Waals surface area (Å²) in [6.07, 6.45) is 2.72. The van der Waals surface area contributed by atoms with Crippen LogP contribution in [0, 0.1) is 0 Å². The third kappa shape index (κ3) is 5.41. The Morgan fingerprint density at radius 2 is 1.57 bits per heavy atom. The molecule has 1 amide bonds. The third-order valence-corrected chi connectivity index (χ3v) is 4.50. The van der Waals surface area contributed by atoms with Gasteiger partial charge in [-0.15, -0.1) is 0 Å². The van der Waals surface area contributed by atoms with E-state index in [1.807, 2.05) is 42.7 Å². The fraction of sp³-hybridized carbons (Fsp3) is 0.316. The molecule has 0 aliphatic carbocycles. The number of rotatable bonds is 8. The predicted octanol–water partition coefficient (Wildman–Crippen LogP) is 3.02. The third-order valence-electron chi connectivity index (χ3n) is 3.85. The number of thioether (sulfide) groups is 1. The van der Waals surface area contributed by atoms with Crippen LogP contribution in [0.1, 0.15) is 23.5 Å².